The third-order valence-electron chi connectivity index (χ3n) is 3.71. The van der Waals surface area contributed by atoms with E-state index in [1.807, 2.05) is 6.92 Å². The summed E-state index contributed by atoms with van der Waals surface area (Å²) in [7, 11) is 1.52. The van der Waals surface area contributed by atoms with E-state index in [2.05, 4.69) is 27.8 Å². The first kappa shape index (κ1) is 19.0. The molecule has 0 aliphatic rings. The maximum atomic E-state index is 12.4. The molecule has 2 aromatic rings. The molecular weight excluding hydrogens is 340 g/mol. The second kappa shape index (κ2) is 9.22. The van der Waals surface area contributed by atoms with E-state index in [9.17, 15) is 4.79 Å². The molecule has 25 heavy (non-hydrogen) atoms. The third-order valence-corrected chi connectivity index (χ3v) is 4.12. The average Bonchev–Trinajstić information content (AvgIpc) is 2.62. The lowest BCUT2D eigenvalue weighted by Crippen LogP contribution is -2.15. The second-order valence-electron chi connectivity index (χ2n) is 5.69. The van der Waals surface area contributed by atoms with E-state index in [0.29, 0.717) is 22.3 Å². The van der Waals surface area contributed by atoms with Crippen LogP contribution >= 0.6 is 11.6 Å². The van der Waals surface area contributed by atoms with Gasteiger partial charge in [0.25, 0.3) is 5.91 Å². The summed E-state index contributed by atoms with van der Waals surface area (Å²) in [6.45, 7) is 4.86. The fourth-order valence-electron chi connectivity index (χ4n) is 2.26. The van der Waals surface area contributed by atoms with Gasteiger partial charge < -0.3 is 15.4 Å². The molecule has 0 saturated carbocycles. The molecule has 0 unspecified atom stereocenters. The highest BCUT2D eigenvalue weighted by Gasteiger charge is 2.13. The highest BCUT2D eigenvalue weighted by Crippen LogP contribution is 2.31. The number of anilines is 2. The smallest absolute Gasteiger partial charge is 0.276 e. The van der Waals surface area contributed by atoms with E-state index in [-0.39, 0.29) is 11.6 Å². The van der Waals surface area contributed by atoms with Crippen LogP contribution in [0.5, 0.6) is 5.75 Å². The van der Waals surface area contributed by atoms with Gasteiger partial charge in [-0.2, -0.15) is 0 Å². The summed E-state index contributed by atoms with van der Waals surface area (Å²) in [6, 6.07) is 6.82. The van der Waals surface area contributed by atoms with E-state index >= 15 is 0 Å². The Morgan fingerprint density at radius 3 is 2.68 bits per heavy atom. The molecule has 6 nitrogen and oxygen atoms in total. The van der Waals surface area contributed by atoms with Crippen molar-refractivity contribution in [3.8, 4) is 5.75 Å². The summed E-state index contributed by atoms with van der Waals surface area (Å²) in [5.74, 6) is 0.795. The quantitative estimate of drug-likeness (QED) is 0.684. The number of ether oxygens (including phenoxy) is 1. The van der Waals surface area contributed by atoms with Crippen molar-refractivity contribution in [1.82, 2.24) is 10.2 Å². The van der Waals surface area contributed by atoms with Crippen LogP contribution in [-0.4, -0.2) is 29.8 Å². The minimum absolute atomic E-state index is 0.230. The van der Waals surface area contributed by atoms with Crippen molar-refractivity contribution in [3.63, 3.8) is 0 Å². The topological polar surface area (TPSA) is 76.1 Å². The molecule has 1 aromatic carbocycles. The summed E-state index contributed by atoms with van der Waals surface area (Å²) in [5, 5.41) is 14.6. The average molecular weight is 363 g/mol. The lowest BCUT2D eigenvalue weighted by atomic mass is 10.2. The monoisotopic (exact) mass is 362 g/mol. The number of nitrogens with one attached hydrogen (secondary N) is 2. The highest BCUT2D eigenvalue weighted by molar-refractivity contribution is 6.31. The molecule has 134 valence electrons. The van der Waals surface area contributed by atoms with Crippen LogP contribution in [0.1, 0.15) is 42.2 Å². The molecule has 0 aliphatic carbocycles. The zero-order chi connectivity index (χ0) is 18.2. The van der Waals surface area contributed by atoms with Crippen LogP contribution in [0.15, 0.2) is 24.3 Å². The van der Waals surface area contributed by atoms with Gasteiger partial charge in [-0.15, -0.1) is 10.2 Å². The predicted octanol–water partition coefficient (Wildman–Crippen LogP) is 4.30. The molecule has 0 aliphatic heterocycles. The van der Waals surface area contributed by atoms with Crippen LogP contribution in [-0.2, 0) is 0 Å². The van der Waals surface area contributed by atoms with Crippen molar-refractivity contribution >= 4 is 29.0 Å². The number of amides is 1. The maximum absolute atomic E-state index is 12.4. The van der Waals surface area contributed by atoms with Gasteiger partial charge >= 0.3 is 0 Å². The summed E-state index contributed by atoms with van der Waals surface area (Å²) in [5.41, 5.74) is 1.61. The summed E-state index contributed by atoms with van der Waals surface area (Å²) in [6.07, 6.45) is 3.42. The van der Waals surface area contributed by atoms with Gasteiger partial charge in [0.15, 0.2) is 5.69 Å². The number of halogens is 1. The number of hydrogen-bond acceptors (Lipinski definition) is 5. The van der Waals surface area contributed by atoms with E-state index in [1.165, 1.54) is 20.0 Å². The van der Waals surface area contributed by atoms with Crippen molar-refractivity contribution in [2.75, 3.05) is 24.3 Å². The van der Waals surface area contributed by atoms with Gasteiger partial charge in [0.1, 0.15) is 11.6 Å². The fraction of sp³-hybridized carbons (Fsp3) is 0.389. The van der Waals surface area contributed by atoms with Crippen molar-refractivity contribution in [2.24, 2.45) is 0 Å². The molecule has 0 fully saturated rings. The number of unbranched alkanes of at least 4 members (excludes halogenated alkanes) is 2. The first-order chi connectivity index (χ1) is 12.0. The Hall–Kier alpha value is -2.34. The largest absolute Gasteiger partial charge is 0.495 e. The first-order valence-electron chi connectivity index (χ1n) is 8.28. The first-order valence-corrected chi connectivity index (χ1v) is 8.66. The Balaban J connectivity index is 2.02. The minimum atomic E-state index is -0.356. The highest BCUT2D eigenvalue weighted by atomic mass is 35.5. The normalized spacial score (nSPS) is 10.4. The Labute approximate surface area is 152 Å². The van der Waals surface area contributed by atoms with Crippen LogP contribution in [0.4, 0.5) is 11.5 Å². The fourth-order valence-corrected chi connectivity index (χ4v) is 2.41. The molecule has 1 heterocycles. The SMILES string of the molecule is CCCCCNc1ccc(C(=O)Nc2cc(C)c(Cl)cc2OC)nn1. The lowest BCUT2D eigenvalue weighted by molar-refractivity contribution is 0.102. The molecule has 0 atom stereocenters. The molecular formula is C18H23ClN4O2. The zero-order valence-corrected chi connectivity index (χ0v) is 15.5. The van der Waals surface area contributed by atoms with Crippen molar-refractivity contribution in [3.05, 3.63) is 40.5 Å². The summed E-state index contributed by atoms with van der Waals surface area (Å²) in [4.78, 5) is 12.4. The lowest BCUT2D eigenvalue weighted by Gasteiger charge is -2.12. The molecule has 1 amide bonds. The molecule has 0 spiro atoms. The van der Waals surface area contributed by atoms with E-state index in [1.54, 1.807) is 24.3 Å². The number of nitrogens with zero attached hydrogens (tertiary/aromatic N) is 2. The number of methoxy groups -OCH3 is 1. The number of carbonyl (C=O) groups is 1. The van der Waals surface area contributed by atoms with Gasteiger partial charge in [-0.05, 0) is 37.1 Å². The number of hydrogen-bond donors (Lipinski definition) is 2. The van der Waals surface area contributed by atoms with Gasteiger partial charge in [-0.3, -0.25) is 4.79 Å². The van der Waals surface area contributed by atoms with E-state index < -0.39 is 0 Å². The number of rotatable bonds is 8. The van der Waals surface area contributed by atoms with Gasteiger partial charge in [-0.1, -0.05) is 31.4 Å². The van der Waals surface area contributed by atoms with Gasteiger partial charge in [0, 0.05) is 17.6 Å². The Bertz CT molecular complexity index is 720. The summed E-state index contributed by atoms with van der Waals surface area (Å²) >= 11 is 6.07. The van der Waals surface area contributed by atoms with E-state index in [4.69, 9.17) is 16.3 Å². The van der Waals surface area contributed by atoms with Gasteiger partial charge in [-0.25, -0.2) is 0 Å². The Morgan fingerprint density at radius 1 is 1.24 bits per heavy atom. The maximum Gasteiger partial charge on any atom is 0.276 e. The molecule has 2 N–H and O–H groups in total. The van der Waals surface area contributed by atoms with Gasteiger partial charge in [0.05, 0.1) is 12.8 Å². The van der Waals surface area contributed by atoms with Gasteiger partial charge in [0.2, 0.25) is 0 Å². The van der Waals surface area contributed by atoms with Crippen LogP contribution in [0.3, 0.4) is 0 Å². The molecule has 0 saturated heterocycles. The van der Waals surface area contributed by atoms with Crippen LogP contribution < -0.4 is 15.4 Å². The van der Waals surface area contributed by atoms with Crippen LogP contribution in [0.2, 0.25) is 5.02 Å². The third kappa shape index (κ3) is 5.32. The minimum Gasteiger partial charge on any atom is -0.495 e. The van der Waals surface area contributed by atoms with Crippen molar-refractivity contribution in [2.45, 2.75) is 33.1 Å². The standard InChI is InChI=1S/C18H23ClN4O2/c1-4-5-6-9-20-17-8-7-14(22-23-17)18(24)21-15-10-12(2)13(19)11-16(15)25-3/h7-8,10-11H,4-6,9H2,1-3H3,(H,20,23)(H,21,24). The molecule has 0 radical (unpaired) electrons. The summed E-state index contributed by atoms with van der Waals surface area (Å²) < 4.78 is 5.26. The Kier molecular flexibility index (Phi) is 7.01. The molecule has 2 rings (SSSR count). The molecule has 7 heteroatoms. The Morgan fingerprint density at radius 2 is 2.04 bits per heavy atom. The molecule has 0 bridgehead atoms. The number of aromatic nitrogens is 2. The number of carbonyl (C=O) groups excluding carboxylic acids is 1. The van der Waals surface area contributed by atoms with Crippen LogP contribution in [0.25, 0.3) is 0 Å². The van der Waals surface area contributed by atoms with E-state index in [0.717, 1.165) is 18.5 Å². The predicted molar refractivity (Wildman–Crippen MR) is 101 cm³/mol. The number of aryl methyl sites for hydroxylation is 1. The van der Waals surface area contributed by atoms with Crippen molar-refractivity contribution < 1.29 is 9.53 Å². The molecule has 1 aromatic heterocycles. The number of benzene rings is 1. The van der Waals surface area contributed by atoms with Crippen LogP contribution in [0, 0.1) is 6.92 Å². The second-order valence-corrected chi connectivity index (χ2v) is 6.10. The zero-order valence-electron chi connectivity index (χ0n) is 14.7. The van der Waals surface area contributed by atoms with Crippen molar-refractivity contribution in [1.29, 1.82) is 0 Å².